The molecule has 3 fully saturated rings. The van der Waals surface area contributed by atoms with E-state index in [0.717, 1.165) is 0 Å². The van der Waals surface area contributed by atoms with Gasteiger partial charge >= 0.3 is 6.18 Å². The molecule has 0 saturated carbocycles. The maximum Gasteiger partial charge on any atom is 0.421 e. The Labute approximate surface area is 231 Å². The maximum atomic E-state index is 13.6. The lowest BCUT2D eigenvalue weighted by molar-refractivity contribution is -0.258. The van der Waals surface area contributed by atoms with Crippen molar-refractivity contribution >= 4 is 32.8 Å². The highest BCUT2D eigenvalue weighted by atomic mass is 32.2. The molecule has 0 amide bonds. The highest BCUT2D eigenvalue weighted by Gasteiger charge is 2.51. The summed E-state index contributed by atoms with van der Waals surface area (Å²) < 4.78 is 74.3. The van der Waals surface area contributed by atoms with Crippen molar-refractivity contribution in [3.63, 3.8) is 0 Å². The van der Waals surface area contributed by atoms with Crippen LogP contribution in [0.15, 0.2) is 47.4 Å². The van der Waals surface area contributed by atoms with Crippen molar-refractivity contribution in [2.75, 3.05) is 44.3 Å². The molecule has 3 heterocycles. The quantitative estimate of drug-likeness (QED) is 0.490. The van der Waals surface area contributed by atoms with Crippen LogP contribution in [-0.4, -0.2) is 102 Å². The number of nitrogens with zero attached hydrogens (tertiary/aromatic N) is 3. The number of hydrogen-bond acceptors (Lipinski definition) is 8. The van der Waals surface area contributed by atoms with Gasteiger partial charge in [0.2, 0.25) is 10.0 Å². The van der Waals surface area contributed by atoms with Gasteiger partial charge in [-0.2, -0.15) is 17.5 Å². The monoisotopic (exact) mass is 587 g/mol. The van der Waals surface area contributed by atoms with E-state index in [0.29, 0.717) is 56.6 Å². The minimum absolute atomic E-state index is 0.00407. The molecule has 0 spiro atoms. The van der Waals surface area contributed by atoms with Crippen LogP contribution >= 0.6 is 12.2 Å². The molecule has 2 N–H and O–H groups in total. The average Bonchev–Trinajstić information content (AvgIpc) is 3.04. The zero-order valence-electron chi connectivity index (χ0n) is 21.4. The minimum Gasteiger partial charge on any atom is -0.391 e. The molecule has 4 aliphatic rings. The number of alkyl halides is 3. The molecule has 0 aromatic heterocycles. The lowest BCUT2D eigenvalue weighted by atomic mass is 9.95. The number of allylic oxidation sites excluding steroid dienone is 4. The molecule has 214 valence electrons. The van der Waals surface area contributed by atoms with E-state index in [2.05, 4.69) is 4.90 Å². The highest BCUT2D eigenvalue weighted by Crippen LogP contribution is 2.39. The number of fused-ring (bicyclic) bond motifs is 2. The number of sulfonamides is 1. The number of halogens is 3. The Balaban J connectivity index is 1.43. The summed E-state index contributed by atoms with van der Waals surface area (Å²) in [4.78, 5) is 4.64. The van der Waals surface area contributed by atoms with Crippen molar-refractivity contribution in [2.24, 2.45) is 0 Å². The fourth-order valence-electron chi connectivity index (χ4n) is 5.86. The van der Waals surface area contributed by atoms with Crippen LogP contribution in [0.5, 0.6) is 0 Å². The summed E-state index contributed by atoms with van der Waals surface area (Å²) in [5.74, 6) is 0. The van der Waals surface area contributed by atoms with Crippen LogP contribution in [0.2, 0.25) is 0 Å². The van der Waals surface area contributed by atoms with Gasteiger partial charge in [-0.25, -0.2) is 8.42 Å². The van der Waals surface area contributed by atoms with Crippen LogP contribution in [0.1, 0.15) is 25.3 Å². The van der Waals surface area contributed by atoms with Gasteiger partial charge in [-0.05, 0) is 37.1 Å². The number of morpholine rings is 1. The topological polar surface area (TPSA) is 93.6 Å². The van der Waals surface area contributed by atoms with E-state index in [1.807, 2.05) is 4.90 Å². The molecule has 1 aromatic carbocycles. The second-order valence-corrected chi connectivity index (χ2v) is 13.1. The molecular weight excluding hydrogens is 555 g/mol. The normalized spacial score (nSPS) is 30.4. The van der Waals surface area contributed by atoms with Gasteiger partial charge in [0.25, 0.3) is 0 Å². The first-order valence-corrected chi connectivity index (χ1v) is 14.7. The van der Waals surface area contributed by atoms with Crippen LogP contribution in [0.3, 0.4) is 0 Å². The number of anilines is 1. The summed E-state index contributed by atoms with van der Waals surface area (Å²) in [6, 6.07) is 4.99. The van der Waals surface area contributed by atoms with E-state index < -0.39 is 27.9 Å². The summed E-state index contributed by atoms with van der Waals surface area (Å²) in [7, 11) is -3.85. The van der Waals surface area contributed by atoms with E-state index in [1.54, 1.807) is 12.2 Å². The van der Waals surface area contributed by atoms with Gasteiger partial charge in [-0.1, -0.05) is 36.5 Å². The SMILES string of the molecule is C[C@@](O)(c1ccc(N2CCN(S(=O)(=O)C3=CC=CCC3=S)C[C@@H]2CN2[C@H]3COC[C@@H]2[C@@H](O)C3)cc1)C(F)(F)F. The van der Waals surface area contributed by atoms with Crippen molar-refractivity contribution < 1.29 is 36.5 Å². The molecule has 39 heavy (non-hydrogen) atoms. The van der Waals surface area contributed by atoms with Crippen molar-refractivity contribution in [1.82, 2.24) is 9.21 Å². The number of piperazine rings is 1. The third-order valence-corrected chi connectivity index (χ3v) is 10.7. The van der Waals surface area contributed by atoms with Gasteiger partial charge in [-0.3, -0.25) is 4.90 Å². The Morgan fingerprint density at radius 3 is 2.51 bits per heavy atom. The molecule has 2 bridgehead atoms. The molecule has 5 rings (SSSR count). The molecule has 8 nitrogen and oxygen atoms in total. The van der Waals surface area contributed by atoms with E-state index in [9.17, 15) is 31.8 Å². The van der Waals surface area contributed by atoms with Gasteiger partial charge in [0.1, 0.15) is 0 Å². The van der Waals surface area contributed by atoms with Crippen LogP contribution in [0, 0.1) is 0 Å². The van der Waals surface area contributed by atoms with Crippen LogP contribution in [-0.2, 0) is 20.4 Å². The van der Waals surface area contributed by atoms with Crippen LogP contribution < -0.4 is 4.90 Å². The van der Waals surface area contributed by atoms with E-state index in [4.69, 9.17) is 17.0 Å². The first kappa shape index (κ1) is 28.7. The van der Waals surface area contributed by atoms with Gasteiger partial charge < -0.3 is 19.8 Å². The molecule has 0 radical (unpaired) electrons. The van der Waals surface area contributed by atoms with Gasteiger partial charge in [-0.15, -0.1) is 0 Å². The van der Waals surface area contributed by atoms with E-state index >= 15 is 0 Å². The molecule has 1 aliphatic carbocycles. The smallest absolute Gasteiger partial charge is 0.391 e. The average molecular weight is 588 g/mol. The third-order valence-electron chi connectivity index (χ3n) is 8.21. The predicted octanol–water partition coefficient (Wildman–Crippen LogP) is 2.32. The second-order valence-electron chi connectivity index (χ2n) is 10.7. The van der Waals surface area contributed by atoms with Crippen LogP contribution in [0.4, 0.5) is 18.9 Å². The predicted molar refractivity (Wildman–Crippen MR) is 144 cm³/mol. The van der Waals surface area contributed by atoms with Crippen molar-refractivity contribution in [1.29, 1.82) is 0 Å². The lowest BCUT2D eigenvalue weighted by Gasteiger charge is -2.46. The van der Waals surface area contributed by atoms with Gasteiger partial charge in [0.15, 0.2) is 5.60 Å². The zero-order valence-corrected chi connectivity index (χ0v) is 23.1. The number of aliphatic hydroxyl groups excluding tert-OH is 1. The Kier molecular flexibility index (Phi) is 7.72. The molecule has 5 atom stereocenters. The second kappa shape index (κ2) is 10.5. The number of benzene rings is 1. The number of aliphatic hydroxyl groups is 2. The molecule has 13 heteroatoms. The van der Waals surface area contributed by atoms with Crippen molar-refractivity contribution in [2.45, 2.75) is 55.8 Å². The first-order chi connectivity index (χ1) is 18.3. The Hall–Kier alpha value is -1.87. The molecular formula is C26H32F3N3O5S2. The van der Waals surface area contributed by atoms with Crippen LogP contribution in [0.25, 0.3) is 0 Å². The zero-order chi connectivity index (χ0) is 28.2. The largest absolute Gasteiger partial charge is 0.421 e. The van der Waals surface area contributed by atoms with Gasteiger partial charge in [0, 0.05) is 49.2 Å². The minimum atomic E-state index is -4.84. The number of hydrogen-bond donors (Lipinski definition) is 2. The Bertz CT molecular complexity index is 1270. The standard InChI is InChI=1S/C26H32F3N3O5S2/c1-25(34,26(27,28)29)17-6-8-18(9-7-17)31-11-10-30(39(35,36)24-5-3-2-4-23(24)38)13-20(31)14-32-19-12-22(33)21(32)16-37-15-19/h2-3,5-9,19-22,33-34H,4,10-16H2,1H3/t19-,20-,21-,22+,25-/m1/s1. The van der Waals surface area contributed by atoms with Crippen molar-refractivity contribution in [3.05, 3.63) is 53.0 Å². The molecule has 3 aliphatic heterocycles. The third kappa shape index (κ3) is 5.30. The Morgan fingerprint density at radius 2 is 1.87 bits per heavy atom. The maximum absolute atomic E-state index is 13.6. The van der Waals surface area contributed by atoms with E-state index in [-0.39, 0.29) is 41.7 Å². The number of ether oxygens (including phenoxy) is 1. The van der Waals surface area contributed by atoms with Crippen molar-refractivity contribution in [3.8, 4) is 0 Å². The van der Waals surface area contributed by atoms with E-state index in [1.165, 1.54) is 34.6 Å². The number of thiocarbonyl (C=S) groups is 1. The molecule has 3 saturated heterocycles. The molecule has 0 unspecified atom stereocenters. The fraction of sp³-hybridized carbons (Fsp3) is 0.577. The summed E-state index contributed by atoms with van der Waals surface area (Å²) in [5, 5.41) is 20.6. The summed E-state index contributed by atoms with van der Waals surface area (Å²) >= 11 is 5.34. The highest BCUT2D eigenvalue weighted by molar-refractivity contribution is 7.96. The first-order valence-electron chi connectivity index (χ1n) is 12.9. The fourth-order valence-corrected chi connectivity index (χ4v) is 7.93. The Morgan fingerprint density at radius 1 is 1.15 bits per heavy atom. The summed E-state index contributed by atoms with van der Waals surface area (Å²) in [6.07, 6.45) is 0.571. The lowest BCUT2D eigenvalue weighted by Crippen LogP contribution is -2.61. The molecule has 1 aromatic rings. The summed E-state index contributed by atoms with van der Waals surface area (Å²) in [5.41, 5.74) is -2.66. The number of rotatable bonds is 6. The van der Waals surface area contributed by atoms with Gasteiger partial charge in [0.05, 0.1) is 36.3 Å². The summed E-state index contributed by atoms with van der Waals surface area (Å²) in [6.45, 7) is 2.61.